The van der Waals surface area contributed by atoms with Gasteiger partial charge in [-0.1, -0.05) is 6.07 Å². The van der Waals surface area contributed by atoms with Gasteiger partial charge in [0.2, 0.25) is 0 Å². The summed E-state index contributed by atoms with van der Waals surface area (Å²) in [5, 5.41) is 2.64. The molecule has 1 amide bonds. The summed E-state index contributed by atoms with van der Waals surface area (Å²) in [5.74, 6) is 0.562. The molecule has 86 valence electrons. The maximum Gasteiger partial charge on any atom is 0.279 e. The van der Waals surface area contributed by atoms with Gasteiger partial charge in [0.15, 0.2) is 5.69 Å². The maximum atomic E-state index is 11.9. The number of rotatable bonds is 3. The van der Waals surface area contributed by atoms with Crippen LogP contribution in [0.4, 0.5) is 5.82 Å². The molecule has 5 nitrogen and oxygen atoms in total. The zero-order chi connectivity index (χ0) is 12.1. The van der Waals surface area contributed by atoms with E-state index in [0.717, 1.165) is 0 Å². The molecule has 0 atom stereocenters. The number of amides is 1. The highest BCUT2D eigenvalue weighted by Crippen LogP contribution is 2.15. The summed E-state index contributed by atoms with van der Waals surface area (Å²) in [7, 11) is 1.49. The third-order valence-electron chi connectivity index (χ3n) is 2.11. The number of pyridine rings is 2. The Morgan fingerprint density at radius 3 is 2.71 bits per heavy atom. The average molecular weight is 229 g/mol. The van der Waals surface area contributed by atoms with Gasteiger partial charge in [-0.05, 0) is 24.3 Å². The fourth-order valence-electron chi connectivity index (χ4n) is 1.34. The number of nitrogens with zero attached hydrogens (tertiary/aromatic N) is 2. The van der Waals surface area contributed by atoms with Crippen molar-refractivity contribution in [1.29, 1.82) is 0 Å². The minimum Gasteiger partial charge on any atom is -0.494 e. The van der Waals surface area contributed by atoms with Crippen LogP contribution in [-0.4, -0.2) is 23.0 Å². The quantitative estimate of drug-likeness (QED) is 0.870. The highest BCUT2D eigenvalue weighted by Gasteiger charge is 2.13. The summed E-state index contributed by atoms with van der Waals surface area (Å²) in [6, 6.07) is 8.65. The lowest BCUT2D eigenvalue weighted by molar-refractivity contribution is 0.101. The summed E-state index contributed by atoms with van der Waals surface area (Å²) >= 11 is 0. The van der Waals surface area contributed by atoms with Crippen molar-refractivity contribution in [3.05, 3.63) is 48.4 Å². The van der Waals surface area contributed by atoms with Crippen molar-refractivity contribution >= 4 is 11.7 Å². The molecule has 5 heteroatoms. The Balaban J connectivity index is 2.20. The van der Waals surface area contributed by atoms with Crippen molar-refractivity contribution in [2.24, 2.45) is 0 Å². The van der Waals surface area contributed by atoms with E-state index >= 15 is 0 Å². The average Bonchev–Trinajstić information content (AvgIpc) is 2.40. The van der Waals surface area contributed by atoms with Crippen LogP contribution >= 0.6 is 0 Å². The SMILES string of the molecule is COc1cccnc1C(=O)Nc1ccccn1. The number of hydrogen-bond donors (Lipinski definition) is 1. The Morgan fingerprint density at radius 2 is 2.00 bits per heavy atom. The molecule has 0 saturated heterocycles. The molecule has 0 aromatic carbocycles. The van der Waals surface area contributed by atoms with E-state index in [4.69, 9.17) is 4.74 Å². The van der Waals surface area contributed by atoms with E-state index in [1.54, 1.807) is 36.5 Å². The second-order valence-electron chi connectivity index (χ2n) is 3.22. The van der Waals surface area contributed by atoms with Crippen LogP contribution in [0.1, 0.15) is 10.5 Å². The lowest BCUT2D eigenvalue weighted by atomic mass is 10.3. The van der Waals surface area contributed by atoms with Crippen molar-refractivity contribution in [2.45, 2.75) is 0 Å². The number of aromatic nitrogens is 2. The summed E-state index contributed by atoms with van der Waals surface area (Å²) in [5.41, 5.74) is 0.237. The number of nitrogens with one attached hydrogen (secondary N) is 1. The first-order chi connectivity index (χ1) is 8.31. The van der Waals surface area contributed by atoms with Crippen molar-refractivity contribution in [3.63, 3.8) is 0 Å². The molecule has 0 aliphatic carbocycles. The molecule has 0 radical (unpaired) electrons. The minimum absolute atomic E-state index is 0.237. The molecule has 0 bridgehead atoms. The van der Waals surface area contributed by atoms with Gasteiger partial charge < -0.3 is 10.1 Å². The fourth-order valence-corrected chi connectivity index (χ4v) is 1.34. The monoisotopic (exact) mass is 229 g/mol. The van der Waals surface area contributed by atoms with E-state index in [1.807, 2.05) is 0 Å². The lowest BCUT2D eigenvalue weighted by Crippen LogP contribution is -2.15. The predicted octanol–water partition coefficient (Wildman–Crippen LogP) is 1.74. The van der Waals surface area contributed by atoms with E-state index in [1.165, 1.54) is 13.3 Å². The first kappa shape index (κ1) is 11.1. The van der Waals surface area contributed by atoms with Gasteiger partial charge in [0.05, 0.1) is 7.11 Å². The van der Waals surface area contributed by atoms with Gasteiger partial charge in [-0.25, -0.2) is 9.97 Å². The molecule has 0 aliphatic heterocycles. The third kappa shape index (κ3) is 2.57. The van der Waals surface area contributed by atoms with Crippen LogP contribution in [0.25, 0.3) is 0 Å². The number of methoxy groups -OCH3 is 1. The fraction of sp³-hybridized carbons (Fsp3) is 0.0833. The minimum atomic E-state index is -0.346. The number of carbonyl (C=O) groups excluding carboxylic acids is 1. The smallest absolute Gasteiger partial charge is 0.279 e. The Morgan fingerprint density at radius 1 is 1.18 bits per heavy atom. The molecule has 2 rings (SSSR count). The van der Waals surface area contributed by atoms with Crippen LogP contribution in [-0.2, 0) is 0 Å². The molecule has 0 saturated carbocycles. The number of carbonyl (C=O) groups is 1. The summed E-state index contributed by atoms with van der Waals surface area (Å²) in [4.78, 5) is 19.9. The van der Waals surface area contributed by atoms with Crippen molar-refractivity contribution in [1.82, 2.24) is 9.97 Å². The van der Waals surface area contributed by atoms with Gasteiger partial charge in [0, 0.05) is 12.4 Å². The molecule has 17 heavy (non-hydrogen) atoms. The zero-order valence-corrected chi connectivity index (χ0v) is 9.25. The van der Waals surface area contributed by atoms with Crippen LogP contribution in [0.15, 0.2) is 42.7 Å². The van der Waals surface area contributed by atoms with Crippen molar-refractivity contribution in [2.75, 3.05) is 12.4 Å². The molecule has 0 spiro atoms. The zero-order valence-electron chi connectivity index (χ0n) is 9.25. The molecular weight excluding hydrogens is 218 g/mol. The predicted molar refractivity (Wildman–Crippen MR) is 63.0 cm³/mol. The molecule has 0 fully saturated rings. The lowest BCUT2D eigenvalue weighted by Gasteiger charge is -2.07. The van der Waals surface area contributed by atoms with E-state index in [0.29, 0.717) is 11.6 Å². The molecule has 2 heterocycles. The Hall–Kier alpha value is -2.43. The van der Waals surface area contributed by atoms with Gasteiger partial charge in [-0.2, -0.15) is 0 Å². The topological polar surface area (TPSA) is 64.1 Å². The second kappa shape index (κ2) is 5.07. The van der Waals surface area contributed by atoms with Gasteiger partial charge in [0.25, 0.3) is 5.91 Å². The maximum absolute atomic E-state index is 11.9. The molecule has 2 aromatic rings. The molecule has 1 N–H and O–H groups in total. The van der Waals surface area contributed by atoms with Crippen LogP contribution < -0.4 is 10.1 Å². The Kier molecular flexibility index (Phi) is 3.30. The second-order valence-corrected chi connectivity index (χ2v) is 3.22. The first-order valence-corrected chi connectivity index (χ1v) is 5.02. The number of anilines is 1. The van der Waals surface area contributed by atoms with Crippen molar-refractivity contribution in [3.8, 4) is 5.75 Å². The summed E-state index contributed by atoms with van der Waals surface area (Å²) in [6.07, 6.45) is 3.14. The van der Waals surface area contributed by atoms with E-state index in [-0.39, 0.29) is 11.6 Å². The largest absolute Gasteiger partial charge is 0.494 e. The van der Waals surface area contributed by atoms with Gasteiger partial charge in [-0.3, -0.25) is 4.79 Å². The van der Waals surface area contributed by atoms with Crippen LogP contribution in [0, 0.1) is 0 Å². The molecule has 0 aliphatic rings. The van der Waals surface area contributed by atoms with Gasteiger partial charge in [0.1, 0.15) is 11.6 Å². The Bertz CT molecular complexity index is 514. The number of hydrogen-bond acceptors (Lipinski definition) is 4. The van der Waals surface area contributed by atoms with E-state index in [9.17, 15) is 4.79 Å². The van der Waals surface area contributed by atoms with Gasteiger partial charge >= 0.3 is 0 Å². The Labute approximate surface area is 98.5 Å². The highest BCUT2D eigenvalue weighted by atomic mass is 16.5. The van der Waals surface area contributed by atoms with E-state index < -0.39 is 0 Å². The van der Waals surface area contributed by atoms with Crippen LogP contribution in [0.5, 0.6) is 5.75 Å². The molecule has 0 unspecified atom stereocenters. The summed E-state index contributed by atoms with van der Waals surface area (Å²) in [6.45, 7) is 0. The normalized spacial score (nSPS) is 9.71. The standard InChI is InChI=1S/C12H11N3O2/c1-17-9-5-4-8-14-11(9)12(16)15-10-6-2-3-7-13-10/h2-8H,1H3,(H,13,15,16). The number of ether oxygens (including phenoxy) is 1. The summed E-state index contributed by atoms with van der Waals surface area (Å²) < 4.78 is 5.06. The third-order valence-corrected chi connectivity index (χ3v) is 2.11. The first-order valence-electron chi connectivity index (χ1n) is 5.02. The van der Waals surface area contributed by atoms with Crippen LogP contribution in [0.3, 0.4) is 0 Å². The molecule has 2 aromatic heterocycles. The van der Waals surface area contributed by atoms with Crippen molar-refractivity contribution < 1.29 is 9.53 Å². The van der Waals surface area contributed by atoms with Crippen LogP contribution in [0.2, 0.25) is 0 Å². The molecular formula is C12H11N3O2. The van der Waals surface area contributed by atoms with E-state index in [2.05, 4.69) is 15.3 Å². The van der Waals surface area contributed by atoms with Gasteiger partial charge in [-0.15, -0.1) is 0 Å². The highest BCUT2D eigenvalue weighted by molar-refractivity contribution is 6.04.